The zero-order valence-corrected chi connectivity index (χ0v) is 18.9. The Hall–Kier alpha value is -2.66. The van der Waals surface area contributed by atoms with Gasteiger partial charge in [-0.1, -0.05) is 58.4 Å². The molecule has 3 heterocycles. The summed E-state index contributed by atoms with van der Waals surface area (Å²) in [5.74, 6) is -2.39. The van der Waals surface area contributed by atoms with Crippen LogP contribution in [0.2, 0.25) is 10.0 Å². The summed E-state index contributed by atoms with van der Waals surface area (Å²) in [5.41, 5.74) is 0.647. The summed E-state index contributed by atoms with van der Waals surface area (Å²) in [5, 5.41) is 11.2. The molecule has 1 fully saturated rings. The molecule has 12 heteroatoms. The SMILES string of the molecule is O=C1C2Sc3[nH]c(=O)sc3[C@H](c3cccc(Cl)c3Cl)C2C(=O)N1c1ccc([N+](=O)[O-])cc1. The Morgan fingerprint density at radius 3 is 2.44 bits per heavy atom. The van der Waals surface area contributed by atoms with Gasteiger partial charge in [0, 0.05) is 22.9 Å². The number of carbonyl (C=O) groups excluding carboxylic acids is 2. The van der Waals surface area contributed by atoms with E-state index in [0.29, 0.717) is 20.5 Å². The number of anilines is 1. The average molecular weight is 508 g/mol. The topological polar surface area (TPSA) is 113 Å². The van der Waals surface area contributed by atoms with E-state index in [2.05, 4.69) is 4.98 Å². The van der Waals surface area contributed by atoms with Crippen molar-refractivity contribution in [3.63, 3.8) is 0 Å². The molecule has 1 N–H and O–H groups in total. The predicted molar refractivity (Wildman–Crippen MR) is 122 cm³/mol. The highest BCUT2D eigenvalue weighted by Crippen LogP contribution is 2.54. The van der Waals surface area contributed by atoms with Crippen LogP contribution in [-0.2, 0) is 9.59 Å². The number of thioether (sulfide) groups is 1. The molecular formula is C20H11Cl2N3O5S2. The number of nitro groups is 1. The van der Waals surface area contributed by atoms with Gasteiger partial charge in [0.2, 0.25) is 11.8 Å². The van der Waals surface area contributed by atoms with Crippen LogP contribution in [0.1, 0.15) is 16.4 Å². The molecule has 0 radical (unpaired) electrons. The average Bonchev–Trinajstić information content (AvgIpc) is 3.25. The molecule has 162 valence electrons. The van der Waals surface area contributed by atoms with Crippen molar-refractivity contribution in [3.8, 4) is 0 Å². The van der Waals surface area contributed by atoms with Gasteiger partial charge in [-0.25, -0.2) is 4.90 Å². The summed E-state index contributed by atoms with van der Waals surface area (Å²) in [6.45, 7) is 0. The smallest absolute Gasteiger partial charge is 0.305 e. The highest BCUT2D eigenvalue weighted by atomic mass is 35.5. The number of non-ortho nitro benzene ring substituents is 1. The maximum atomic E-state index is 13.6. The van der Waals surface area contributed by atoms with Gasteiger partial charge in [-0.3, -0.25) is 24.5 Å². The van der Waals surface area contributed by atoms with Crippen LogP contribution < -0.4 is 9.77 Å². The number of nitro benzene ring substituents is 1. The molecule has 2 aliphatic rings. The number of rotatable bonds is 3. The van der Waals surface area contributed by atoms with Gasteiger partial charge in [0.15, 0.2) is 0 Å². The van der Waals surface area contributed by atoms with E-state index in [0.717, 1.165) is 28.0 Å². The highest BCUT2D eigenvalue weighted by Gasteiger charge is 2.56. The quantitative estimate of drug-likeness (QED) is 0.318. The third-order valence-electron chi connectivity index (χ3n) is 5.46. The van der Waals surface area contributed by atoms with Crippen molar-refractivity contribution in [2.75, 3.05) is 4.90 Å². The molecule has 8 nitrogen and oxygen atoms in total. The zero-order chi connectivity index (χ0) is 22.7. The van der Waals surface area contributed by atoms with Crippen LogP contribution in [0, 0.1) is 16.0 Å². The molecule has 0 aliphatic carbocycles. The van der Waals surface area contributed by atoms with E-state index in [4.69, 9.17) is 23.2 Å². The van der Waals surface area contributed by atoms with Crippen molar-refractivity contribution >= 4 is 69.5 Å². The van der Waals surface area contributed by atoms with E-state index in [1.807, 2.05) is 0 Å². The molecule has 3 aromatic rings. The molecule has 2 aliphatic heterocycles. The summed E-state index contributed by atoms with van der Waals surface area (Å²) < 4.78 is 0. The van der Waals surface area contributed by atoms with Crippen molar-refractivity contribution in [2.45, 2.75) is 16.2 Å². The van der Waals surface area contributed by atoms with Gasteiger partial charge in [-0.2, -0.15) is 0 Å². The molecule has 1 saturated heterocycles. The third kappa shape index (κ3) is 3.17. The van der Waals surface area contributed by atoms with E-state index in [1.54, 1.807) is 18.2 Å². The molecule has 3 atom stereocenters. The Morgan fingerprint density at radius 2 is 1.75 bits per heavy atom. The Morgan fingerprint density at radius 1 is 1.03 bits per heavy atom. The van der Waals surface area contributed by atoms with Crippen LogP contribution in [-0.4, -0.2) is 27.0 Å². The molecule has 1 aromatic heterocycles. The summed E-state index contributed by atoms with van der Waals surface area (Å²) in [6.07, 6.45) is 0. The van der Waals surface area contributed by atoms with Gasteiger partial charge in [-0.15, -0.1) is 0 Å². The van der Waals surface area contributed by atoms with E-state index < -0.39 is 33.8 Å². The molecule has 32 heavy (non-hydrogen) atoms. The van der Waals surface area contributed by atoms with Gasteiger partial charge >= 0.3 is 4.87 Å². The van der Waals surface area contributed by atoms with Crippen LogP contribution in [0.3, 0.4) is 0 Å². The van der Waals surface area contributed by atoms with Crippen molar-refractivity contribution < 1.29 is 14.5 Å². The number of nitrogens with one attached hydrogen (secondary N) is 1. The van der Waals surface area contributed by atoms with Crippen molar-refractivity contribution in [2.24, 2.45) is 5.92 Å². The lowest BCUT2D eigenvalue weighted by Gasteiger charge is -2.30. The number of imide groups is 1. The van der Waals surface area contributed by atoms with Crippen molar-refractivity contribution in [1.82, 2.24) is 4.98 Å². The van der Waals surface area contributed by atoms with E-state index in [9.17, 15) is 24.5 Å². The monoisotopic (exact) mass is 507 g/mol. The number of benzene rings is 2. The number of halogens is 2. The zero-order valence-electron chi connectivity index (χ0n) is 15.8. The number of fused-ring (bicyclic) bond motifs is 2. The minimum Gasteiger partial charge on any atom is -0.307 e. The van der Waals surface area contributed by atoms with E-state index >= 15 is 0 Å². The standard InChI is InChI=1S/C20H11Cl2N3O5S2/c21-11-3-1-2-10(14(11)22)12-13-16(31-17-15(12)32-20(28)23-17)19(27)24(18(13)26)8-4-6-9(7-5-8)25(29)30/h1-7,12-13,16H,(H,23,28)/t12-,13?,16?/m1/s1. The molecule has 0 spiro atoms. The lowest BCUT2D eigenvalue weighted by molar-refractivity contribution is -0.384. The predicted octanol–water partition coefficient (Wildman–Crippen LogP) is 4.45. The fourth-order valence-electron chi connectivity index (χ4n) is 4.09. The number of H-pyrrole nitrogens is 1. The number of hydrogen-bond acceptors (Lipinski definition) is 7. The first-order valence-corrected chi connectivity index (χ1v) is 11.7. The first-order valence-electron chi connectivity index (χ1n) is 9.23. The highest BCUT2D eigenvalue weighted by molar-refractivity contribution is 8.00. The van der Waals surface area contributed by atoms with Gasteiger partial charge in [-0.05, 0) is 23.8 Å². The summed E-state index contributed by atoms with van der Waals surface area (Å²) in [6, 6.07) is 10.3. The van der Waals surface area contributed by atoms with Crippen LogP contribution in [0.25, 0.3) is 0 Å². The second-order valence-electron chi connectivity index (χ2n) is 7.18. The summed E-state index contributed by atoms with van der Waals surface area (Å²) in [7, 11) is 0. The molecule has 2 amide bonds. The van der Waals surface area contributed by atoms with Crippen LogP contribution >= 0.6 is 46.3 Å². The van der Waals surface area contributed by atoms with Crippen LogP contribution in [0.15, 0.2) is 52.3 Å². The number of hydrogen-bond donors (Lipinski definition) is 1. The molecule has 0 saturated carbocycles. The maximum Gasteiger partial charge on any atom is 0.305 e. The first kappa shape index (κ1) is 21.2. The fraction of sp³-hybridized carbons (Fsp3) is 0.150. The number of thiazole rings is 1. The minimum atomic E-state index is -0.822. The summed E-state index contributed by atoms with van der Waals surface area (Å²) in [4.78, 5) is 53.5. The van der Waals surface area contributed by atoms with Gasteiger partial charge < -0.3 is 4.98 Å². The van der Waals surface area contributed by atoms with E-state index in [1.165, 1.54) is 24.3 Å². The van der Waals surface area contributed by atoms with Crippen LogP contribution in [0.5, 0.6) is 0 Å². The molecule has 2 unspecified atom stereocenters. The summed E-state index contributed by atoms with van der Waals surface area (Å²) >= 11 is 14.8. The van der Waals surface area contributed by atoms with Crippen LogP contribution in [0.4, 0.5) is 11.4 Å². The Balaban J connectivity index is 1.64. The number of amides is 2. The van der Waals surface area contributed by atoms with Crippen molar-refractivity contribution in [3.05, 3.63) is 82.7 Å². The number of aromatic nitrogens is 1. The third-order valence-corrected chi connectivity index (χ3v) is 8.69. The minimum absolute atomic E-state index is 0.150. The Labute approximate surface area is 198 Å². The van der Waals surface area contributed by atoms with Gasteiger partial charge in [0.1, 0.15) is 5.25 Å². The normalized spacial score (nSPS) is 22.1. The lowest BCUT2D eigenvalue weighted by atomic mass is 9.83. The number of carbonyl (C=O) groups is 2. The fourth-order valence-corrected chi connectivity index (χ4v) is 7.02. The molecule has 0 bridgehead atoms. The first-order chi connectivity index (χ1) is 15.3. The molecule has 5 rings (SSSR count). The van der Waals surface area contributed by atoms with Gasteiger partial charge in [0.05, 0.1) is 31.6 Å². The Bertz CT molecular complexity index is 1350. The maximum absolute atomic E-state index is 13.6. The van der Waals surface area contributed by atoms with Crippen molar-refractivity contribution in [1.29, 1.82) is 0 Å². The lowest BCUT2D eigenvalue weighted by Crippen LogP contribution is -2.32. The largest absolute Gasteiger partial charge is 0.307 e. The number of nitrogens with zero attached hydrogens (tertiary/aromatic N) is 2. The Kier molecular flexibility index (Phi) is 5.12. The second-order valence-corrected chi connectivity index (χ2v) is 10.1. The molecule has 2 aromatic carbocycles. The second kappa shape index (κ2) is 7.73. The molecular weight excluding hydrogens is 497 g/mol. The van der Waals surface area contributed by atoms with Gasteiger partial charge in [0.25, 0.3) is 5.69 Å². The number of aromatic amines is 1. The van der Waals surface area contributed by atoms with E-state index in [-0.39, 0.29) is 21.3 Å².